The Morgan fingerprint density at radius 3 is 2.48 bits per heavy atom. The first-order valence-corrected chi connectivity index (χ1v) is 8.54. The molecule has 0 fully saturated rings. The van der Waals surface area contributed by atoms with Crippen molar-refractivity contribution in [2.45, 2.75) is 0 Å². The quantitative estimate of drug-likeness (QED) is 0.428. The van der Waals surface area contributed by atoms with Crippen LogP contribution in [0.4, 0.5) is 20.7 Å². The topological polar surface area (TPSA) is 69.8 Å². The zero-order chi connectivity index (χ0) is 18.8. The zero-order valence-corrected chi connectivity index (χ0v) is 14.7. The number of hydrogen-bond donors (Lipinski definition) is 3. The molecule has 4 aromatic rings. The Bertz CT molecular complexity index is 1110. The van der Waals surface area contributed by atoms with Crippen LogP contribution >= 0.6 is 11.6 Å². The molecule has 1 heterocycles. The molecule has 0 saturated carbocycles. The number of aromatic nitrogens is 2. The zero-order valence-electron chi connectivity index (χ0n) is 14.0. The fourth-order valence-electron chi connectivity index (χ4n) is 2.78. The smallest absolute Gasteiger partial charge is 0.308 e. The number of nitrogens with zero attached hydrogens (tertiary/aromatic N) is 1. The van der Waals surface area contributed by atoms with Crippen molar-refractivity contribution < 1.29 is 9.18 Å². The van der Waals surface area contributed by atoms with E-state index in [2.05, 4.69) is 20.8 Å². The van der Waals surface area contributed by atoms with E-state index in [4.69, 9.17) is 11.6 Å². The molecule has 0 radical (unpaired) electrons. The lowest BCUT2D eigenvalue weighted by molar-refractivity contribution is 0.262. The van der Waals surface area contributed by atoms with Gasteiger partial charge in [0.1, 0.15) is 5.82 Å². The summed E-state index contributed by atoms with van der Waals surface area (Å²) in [5.41, 5.74) is 2.99. The molecule has 0 aliphatic rings. The summed E-state index contributed by atoms with van der Waals surface area (Å²) in [7, 11) is 0. The maximum atomic E-state index is 13.0. The SMILES string of the molecule is O=C(Nc1ccc(F)cc1)Nc1n[nH]c2cc(Cl)c(-c3ccccc3)cc12. The number of rotatable bonds is 3. The molecule has 3 N–H and O–H groups in total. The van der Waals surface area contributed by atoms with Gasteiger partial charge in [0.2, 0.25) is 0 Å². The maximum absolute atomic E-state index is 13.0. The lowest BCUT2D eigenvalue weighted by Crippen LogP contribution is -2.19. The summed E-state index contributed by atoms with van der Waals surface area (Å²) < 4.78 is 13.0. The summed E-state index contributed by atoms with van der Waals surface area (Å²) in [4.78, 5) is 12.2. The number of carbonyl (C=O) groups excluding carboxylic acids is 1. The van der Waals surface area contributed by atoms with Crippen molar-refractivity contribution in [1.82, 2.24) is 10.2 Å². The monoisotopic (exact) mass is 380 g/mol. The summed E-state index contributed by atoms with van der Waals surface area (Å²) in [6.07, 6.45) is 0. The van der Waals surface area contributed by atoms with Crippen molar-refractivity contribution in [2.24, 2.45) is 0 Å². The van der Waals surface area contributed by atoms with Crippen LogP contribution in [-0.4, -0.2) is 16.2 Å². The van der Waals surface area contributed by atoms with Crippen LogP contribution in [0, 0.1) is 5.82 Å². The highest BCUT2D eigenvalue weighted by Crippen LogP contribution is 2.34. The minimum absolute atomic E-state index is 0.371. The Balaban J connectivity index is 1.62. The molecule has 2 amide bonds. The predicted octanol–water partition coefficient (Wildman–Crippen LogP) is 5.67. The van der Waals surface area contributed by atoms with E-state index in [0.29, 0.717) is 22.0 Å². The van der Waals surface area contributed by atoms with E-state index < -0.39 is 6.03 Å². The Hall–Kier alpha value is -3.38. The second kappa shape index (κ2) is 7.09. The highest BCUT2D eigenvalue weighted by atomic mass is 35.5. The van der Waals surface area contributed by atoms with Crippen molar-refractivity contribution in [3.8, 4) is 11.1 Å². The van der Waals surface area contributed by atoms with Crippen LogP contribution in [0.2, 0.25) is 5.02 Å². The number of aromatic amines is 1. The lowest BCUT2D eigenvalue weighted by atomic mass is 10.0. The number of anilines is 2. The minimum atomic E-state index is -0.480. The summed E-state index contributed by atoms with van der Waals surface area (Å²) in [6, 6.07) is 18.4. The second-order valence-corrected chi connectivity index (χ2v) is 6.31. The number of halogens is 2. The largest absolute Gasteiger partial charge is 0.324 e. The molecule has 3 aromatic carbocycles. The Labute approximate surface area is 159 Å². The fourth-order valence-corrected chi connectivity index (χ4v) is 3.05. The van der Waals surface area contributed by atoms with Gasteiger partial charge in [0, 0.05) is 16.6 Å². The average Bonchev–Trinajstić information content (AvgIpc) is 3.05. The van der Waals surface area contributed by atoms with E-state index in [1.807, 2.05) is 36.4 Å². The van der Waals surface area contributed by atoms with Gasteiger partial charge in [-0.25, -0.2) is 9.18 Å². The van der Waals surface area contributed by atoms with Gasteiger partial charge in [-0.2, -0.15) is 5.10 Å². The first kappa shape index (κ1) is 17.1. The third-order valence-electron chi connectivity index (χ3n) is 4.07. The van der Waals surface area contributed by atoms with Gasteiger partial charge in [-0.15, -0.1) is 0 Å². The summed E-state index contributed by atoms with van der Waals surface area (Å²) >= 11 is 6.39. The molecule has 27 heavy (non-hydrogen) atoms. The Morgan fingerprint density at radius 2 is 1.74 bits per heavy atom. The molecule has 134 valence electrons. The van der Waals surface area contributed by atoms with Crippen LogP contribution in [0.5, 0.6) is 0 Å². The molecule has 1 aromatic heterocycles. The van der Waals surface area contributed by atoms with Gasteiger partial charge < -0.3 is 5.32 Å². The normalized spacial score (nSPS) is 10.7. The third-order valence-corrected chi connectivity index (χ3v) is 4.38. The number of nitrogens with one attached hydrogen (secondary N) is 3. The van der Waals surface area contributed by atoms with E-state index in [1.54, 1.807) is 6.07 Å². The number of urea groups is 1. The number of benzene rings is 3. The highest BCUT2D eigenvalue weighted by molar-refractivity contribution is 6.34. The molecule has 0 unspecified atom stereocenters. The van der Waals surface area contributed by atoms with E-state index in [-0.39, 0.29) is 5.82 Å². The van der Waals surface area contributed by atoms with Gasteiger partial charge in [0.15, 0.2) is 5.82 Å². The minimum Gasteiger partial charge on any atom is -0.308 e. The second-order valence-electron chi connectivity index (χ2n) is 5.90. The molecule has 4 rings (SSSR count). The van der Waals surface area contributed by atoms with Gasteiger partial charge >= 0.3 is 6.03 Å². The number of hydrogen-bond acceptors (Lipinski definition) is 2. The molecule has 0 bridgehead atoms. The summed E-state index contributed by atoms with van der Waals surface area (Å²) in [5, 5.41) is 13.7. The molecule has 5 nitrogen and oxygen atoms in total. The lowest BCUT2D eigenvalue weighted by Gasteiger charge is -2.07. The number of fused-ring (bicyclic) bond motifs is 1. The Morgan fingerprint density at radius 1 is 1.00 bits per heavy atom. The van der Waals surface area contributed by atoms with Crippen LogP contribution in [0.1, 0.15) is 0 Å². The van der Waals surface area contributed by atoms with Crippen LogP contribution in [0.3, 0.4) is 0 Å². The molecule has 0 aliphatic carbocycles. The molecule has 0 aliphatic heterocycles. The van der Waals surface area contributed by atoms with Crippen molar-refractivity contribution in [3.63, 3.8) is 0 Å². The first-order valence-electron chi connectivity index (χ1n) is 8.17. The van der Waals surface area contributed by atoms with E-state index in [0.717, 1.165) is 16.5 Å². The molecule has 0 saturated heterocycles. The van der Waals surface area contributed by atoms with Gasteiger partial charge in [-0.1, -0.05) is 41.9 Å². The van der Waals surface area contributed by atoms with Crippen molar-refractivity contribution >= 4 is 40.0 Å². The van der Waals surface area contributed by atoms with Crippen LogP contribution < -0.4 is 10.6 Å². The number of carbonyl (C=O) groups is 1. The van der Waals surface area contributed by atoms with Crippen molar-refractivity contribution in [2.75, 3.05) is 10.6 Å². The summed E-state index contributed by atoms with van der Waals surface area (Å²) in [6.45, 7) is 0. The van der Waals surface area contributed by atoms with Gasteiger partial charge in [-0.05, 0) is 42.0 Å². The molecule has 0 atom stereocenters. The molecule has 7 heteroatoms. The average molecular weight is 381 g/mol. The highest BCUT2D eigenvalue weighted by Gasteiger charge is 2.13. The van der Waals surface area contributed by atoms with Gasteiger partial charge in [0.05, 0.1) is 10.5 Å². The first-order chi connectivity index (χ1) is 13.1. The molecular weight excluding hydrogens is 367 g/mol. The van der Waals surface area contributed by atoms with Crippen molar-refractivity contribution in [1.29, 1.82) is 0 Å². The third kappa shape index (κ3) is 3.61. The maximum Gasteiger partial charge on any atom is 0.324 e. The number of amides is 2. The number of H-pyrrole nitrogens is 1. The van der Waals surface area contributed by atoms with E-state index >= 15 is 0 Å². The van der Waals surface area contributed by atoms with Crippen LogP contribution in [0.15, 0.2) is 66.7 Å². The van der Waals surface area contributed by atoms with E-state index in [9.17, 15) is 9.18 Å². The molecule has 0 spiro atoms. The van der Waals surface area contributed by atoms with Crippen LogP contribution in [0.25, 0.3) is 22.0 Å². The standard InChI is InChI=1S/C20H14ClFN4O/c21-17-11-18-16(10-15(17)12-4-2-1-3-5-12)19(26-25-18)24-20(27)23-14-8-6-13(22)7-9-14/h1-11H,(H3,23,24,25,26,27). The van der Waals surface area contributed by atoms with Gasteiger partial charge in [-0.3, -0.25) is 10.4 Å². The Kier molecular flexibility index (Phi) is 4.48. The van der Waals surface area contributed by atoms with Gasteiger partial charge in [0.25, 0.3) is 0 Å². The fraction of sp³-hybridized carbons (Fsp3) is 0. The molecular formula is C20H14ClFN4O. The van der Waals surface area contributed by atoms with Crippen LogP contribution in [-0.2, 0) is 0 Å². The predicted molar refractivity (Wildman–Crippen MR) is 106 cm³/mol. The summed E-state index contributed by atoms with van der Waals surface area (Å²) in [5.74, 6) is 0.00281. The van der Waals surface area contributed by atoms with Crippen molar-refractivity contribution in [3.05, 3.63) is 77.6 Å². The van der Waals surface area contributed by atoms with E-state index in [1.165, 1.54) is 24.3 Å².